The third kappa shape index (κ3) is 6.43. The maximum Gasteiger partial charge on any atom is 0.239 e. The third-order valence-corrected chi connectivity index (χ3v) is 7.09. The van der Waals surface area contributed by atoms with Crippen LogP contribution in [0.1, 0.15) is 24.1 Å². The molecule has 0 aliphatic heterocycles. The lowest BCUT2D eigenvalue weighted by atomic mass is 10.1. The van der Waals surface area contributed by atoms with Crippen LogP contribution in [0.2, 0.25) is 10.0 Å². The lowest BCUT2D eigenvalue weighted by molar-refractivity contribution is -0.116. The summed E-state index contributed by atoms with van der Waals surface area (Å²) in [4.78, 5) is 12.8. The minimum Gasteiger partial charge on any atom is -0.325 e. The van der Waals surface area contributed by atoms with Crippen molar-refractivity contribution in [3.63, 3.8) is 0 Å². The van der Waals surface area contributed by atoms with Gasteiger partial charge in [-0.1, -0.05) is 83.9 Å². The normalized spacial score (nSPS) is 12.8. The number of nitrogens with one attached hydrogen (secondary N) is 1. The summed E-state index contributed by atoms with van der Waals surface area (Å²) in [6, 6.07) is 22.3. The molecule has 0 aromatic heterocycles. The highest BCUT2D eigenvalue weighted by Crippen LogP contribution is 2.26. The summed E-state index contributed by atoms with van der Waals surface area (Å²) in [6.07, 6.45) is 1.51. The topological polar surface area (TPSA) is 66.5 Å². The monoisotopic (exact) mass is 488 g/mol. The van der Waals surface area contributed by atoms with E-state index in [2.05, 4.69) is 5.32 Å². The molecule has 1 N–H and O–H groups in total. The minimum absolute atomic E-state index is 0.289. The van der Waals surface area contributed by atoms with E-state index in [4.69, 9.17) is 23.2 Å². The van der Waals surface area contributed by atoms with E-state index in [1.54, 1.807) is 31.2 Å². The van der Waals surface area contributed by atoms with Crippen molar-refractivity contribution >= 4 is 50.9 Å². The van der Waals surface area contributed by atoms with E-state index in [-0.39, 0.29) is 11.6 Å². The number of rotatable bonds is 8. The van der Waals surface area contributed by atoms with E-state index in [0.717, 1.165) is 20.8 Å². The van der Waals surface area contributed by atoms with Crippen molar-refractivity contribution in [1.82, 2.24) is 4.31 Å². The molecule has 0 saturated carbocycles. The first kappa shape index (κ1) is 24.0. The molecule has 0 aliphatic carbocycles. The second-order valence-corrected chi connectivity index (χ2v) is 9.65. The zero-order valence-electron chi connectivity index (χ0n) is 17.3. The molecular formula is C24H22Cl2N2O3S. The van der Waals surface area contributed by atoms with E-state index >= 15 is 0 Å². The molecule has 0 heterocycles. The molecular weight excluding hydrogens is 467 g/mol. The van der Waals surface area contributed by atoms with Crippen LogP contribution < -0.4 is 5.32 Å². The number of amides is 1. The summed E-state index contributed by atoms with van der Waals surface area (Å²) in [5.41, 5.74) is 1.93. The Morgan fingerprint density at radius 1 is 0.969 bits per heavy atom. The average Bonchev–Trinajstić information content (AvgIpc) is 2.79. The Morgan fingerprint density at radius 3 is 2.22 bits per heavy atom. The van der Waals surface area contributed by atoms with E-state index in [0.29, 0.717) is 10.7 Å². The molecule has 0 fully saturated rings. The van der Waals surface area contributed by atoms with Gasteiger partial charge in [0.05, 0.1) is 16.6 Å². The van der Waals surface area contributed by atoms with Crippen LogP contribution in [0.3, 0.4) is 0 Å². The lowest BCUT2D eigenvalue weighted by Gasteiger charge is -2.27. The van der Waals surface area contributed by atoms with Crippen molar-refractivity contribution < 1.29 is 13.2 Å². The first-order valence-corrected chi connectivity index (χ1v) is 12.1. The lowest BCUT2D eigenvalue weighted by Crippen LogP contribution is -2.38. The summed E-state index contributed by atoms with van der Waals surface area (Å²) < 4.78 is 27.6. The number of halogens is 2. The van der Waals surface area contributed by atoms with Gasteiger partial charge in [0.25, 0.3) is 0 Å². The first-order valence-electron chi connectivity index (χ1n) is 9.81. The number of nitrogens with zero attached hydrogens (tertiary/aromatic N) is 1. The molecule has 8 heteroatoms. The van der Waals surface area contributed by atoms with Crippen LogP contribution in [0.4, 0.5) is 5.69 Å². The second kappa shape index (κ2) is 10.8. The number of carbonyl (C=O) groups is 1. The number of hydrogen-bond acceptors (Lipinski definition) is 3. The Labute approximate surface area is 198 Å². The predicted octanol–water partition coefficient (Wildman–Crippen LogP) is 6.00. The highest BCUT2D eigenvalue weighted by atomic mass is 35.5. The van der Waals surface area contributed by atoms with E-state index in [1.165, 1.54) is 12.1 Å². The van der Waals surface area contributed by atoms with Gasteiger partial charge in [-0.25, -0.2) is 8.42 Å². The van der Waals surface area contributed by atoms with Crippen molar-refractivity contribution in [1.29, 1.82) is 0 Å². The zero-order valence-corrected chi connectivity index (χ0v) is 19.6. The largest absolute Gasteiger partial charge is 0.325 e. The predicted molar refractivity (Wildman–Crippen MR) is 131 cm³/mol. The molecule has 0 spiro atoms. The molecule has 3 aromatic rings. The van der Waals surface area contributed by atoms with Crippen LogP contribution in [0.15, 0.2) is 84.3 Å². The fraction of sp³-hybridized carbons (Fsp3) is 0.125. The van der Waals surface area contributed by atoms with Gasteiger partial charge in [0, 0.05) is 17.1 Å². The van der Waals surface area contributed by atoms with Gasteiger partial charge in [-0.15, -0.1) is 0 Å². The van der Waals surface area contributed by atoms with E-state index in [9.17, 15) is 13.2 Å². The van der Waals surface area contributed by atoms with Crippen molar-refractivity contribution in [2.45, 2.75) is 13.0 Å². The fourth-order valence-corrected chi connectivity index (χ4v) is 4.71. The molecule has 3 rings (SSSR count). The van der Waals surface area contributed by atoms with Crippen LogP contribution in [0, 0.1) is 0 Å². The van der Waals surface area contributed by atoms with Gasteiger partial charge >= 0.3 is 0 Å². The van der Waals surface area contributed by atoms with Crippen LogP contribution in [-0.2, 0) is 14.8 Å². The maximum atomic E-state index is 13.2. The highest BCUT2D eigenvalue weighted by molar-refractivity contribution is 7.92. The number of hydrogen-bond donors (Lipinski definition) is 1. The summed E-state index contributed by atoms with van der Waals surface area (Å²) in [7, 11) is -3.93. The molecule has 1 atom stereocenters. The van der Waals surface area contributed by atoms with Crippen LogP contribution in [0.25, 0.3) is 6.08 Å². The molecule has 1 unspecified atom stereocenters. The number of sulfonamides is 1. The molecule has 32 heavy (non-hydrogen) atoms. The summed E-state index contributed by atoms with van der Waals surface area (Å²) in [6.45, 7) is 1.37. The van der Waals surface area contributed by atoms with Crippen LogP contribution in [-0.4, -0.2) is 25.2 Å². The van der Waals surface area contributed by atoms with E-state index < -0.39 is 22.0 Å². The van der Waals surface area contributed by atoms with Crippen molar-refractivity contribution in [3.05, 3.63) is 105 Å². The maximum absolute atomic E-state index is 13.2. The number of benzene rings is 3. The Hall–Kier alpha value is -2.64. The SMILES string of the molecule is CC(c1ccccc1)N(CC(=O)Nc1ccc(Cl)c(Cl)c1)S(=O)(=O)C=Cc1ccccc1. The average molecular weight is 489 g/mol. The number of carbonyl (C=O) groups excluding carboxylic acids is 1. The standard InChI is InChI=1S/C24H22Cl2N2O3S/c1-18(20-10-6-3-7-11-20)28(32(30,31)15-14-19-8-4-2-5-9-19)17-24(29)27-21-12-13-22(25)23(26)16-21/h2-16,18H,17H2,1H3,(H,27,29). The molecule has 3 aromatic carbocycles. The molecule has 0 aliphatic rings. The van der Waals surface area contributed by atoms with Crippen LogP contribution >= 0.6 is 23.2 Å². The Kier molecular flexibility index (Phi) is 8.10. The van der Waals surface area contributed by atoms with Crippen molar-refractivity contribution in [3.8, 4) is 0 Å². The molecule has 166 valence electrons. The quantitative estimate of drug-likeness (QED) is 0.422. The minimum atomic E-state index is -3.93. The molecule has 0 radical (unpaired) electrons. The summed E-state index contributed by atoms with van der Waals surface area (Å²) in [5, 5.41) is 4.45. The molecule has 5 nitrogen and oxygen atoms in total. The van der Waals surface area contributed by atoms with Gasteiger partial charge in [0.2, 0.25) is 15.9 Å². The van der Waals surface area contributed by atoms with Gasteiger partial charge in [-0.3, -0.25) is 4.79 Å². The molecule has 0 saturated heterocycles. The smallest absolute Gasteiger partial charge is 0.239 e. The molecule has 0 bridgehead atoms. The number of anilines is 1. The summed E-state index contributed by atoms with van der Waals surface area (Å²) in [5.74, 6) is -0.497. The summed E-state index contributed by atoms with van der Waals surface area (Å²) >= 11 is 11.9. The van der Waals surface area contributed by atoms with E-state index in [1.807, 2.05) is 48.5 Å². The Morgan fingerprint density at radius 2 is 1.59 bits per heavy atom. The fourth-order valence-electron chi connectivity index (χ4n) is 3.07. The third-order valence-electron chi connectivity index (χ3n) is 4.78. The Bertz CT molecular complexity index is 1200. The van der Waals surface area contributed by atoms with Crippen molar-refractivity contribution in [2.75, 3.05) is 11.9 Å². The second-order valence-electron chi connectivity index (χ2n) is 7.07. The van der Waals surface area contributed by atoms with Gasteiger partial charge in [-0.2, -0.15) is 4.31 Å². The van der Waals surface area contributed by atoms with Gasteiger partial charge in [0.15, 0.2) is 0 Å². The Balaban J connectivity index is 1.86. The first-order chi connectivity index (χ1) is 15.3. The van der Waals surface area contributed by atoms with Crippen LogP contribution in [0.5, 0.6) is 0 Å². The van der Waals surface area contributed by atoms with Gasteiger partial charge < -0.3 is 5.32 Å². The van der Waals surface area contributed by atoms with Gasteiger partial charge in [0.1, 0.15) is 0 Å². The zero-order chi connectivity index (χ0) is 23.1. The molecule has 1 amide bonds. The van der Waals surface area contributed by atoms with Gasteiger partial charge in [-0.05, 0) is 42.3 Å². The van der Waals surface area contributed by atoms with Crippen molar-refractivity contribution in [2.24, 2.45) is 0 Å². The highest BCUT2D eigenvalue weighted by Gasteiger charge is 2.28.